The van der Waals surface area contributed by atoms with Gasteiger partial charge < -0.3 is 24.8 Å². The minimum absolute atomic E-state index is 0. The molecule has 0 heterocycles. The molecule has 0 aliphatic carbocycles. The summed E-state index contributed by atoms with van der Waals surface area (Å²) >= 11 is 1.59. The van der Waals surface area contributed by atoms with Crippen molar-refractivity contribution >= 4 is 11.4 Å². The maximum absolute atomic E-state index is 2.42. The van der Waals surface area contributed by atoms with Gasteiger partial charge >= 0.3 is 55.3 Å². The van der Waals surface area contributed by atoms with Crippen LogP contribution in [0.2, 0.25) is 19.6 Å². The Morgan fingerprint density at radius 3 is 1.25 bits per heavy atom. The number of hydrogen-bond donors (Lipinski definition) is 0. The molecular weight excluding hydrogens is 238 g/mol. The van der Waals surface area contributed by atoms with Crippen molar-refractivity contribution in [2.45, 2.75) is 19.6 Å². The van der Waals surface area contributed by atoms with E-state index >= 15 is 0 Å². The van der Waals surface area contributed by atoms with E-state index < -0.39 is 8.07 Å². The van der Waals surface area contributed by atoms with E-state index in [9.17, 15) is 0 Å². The zero-order valence-corrected chi connectivity index (χ0v) is 10.3. The van der Waals surface area contributed by atoms with Gasteiger partial charge in [0.1, 0.15) is 0 Å². The van der Waals surface area contributed by atoms with E-state index in [1.165, 1.54) is 0 Å². The molecule has 0 atom stereocenters. The monoisotopic (exact) mass is 246 g/mol. The Morgan fingerprint density at radius 1 is 1.12 bits per heavy atom. The molecule has 0 nitrogen and oxygen atoms in total. The minimum Gasteiger partial charge on any atom is -1.00 e. The maximum atomic E-state index is 2.42. The van der Waals surface area contributed by atoms with Crippen molar-refractivity contribution in [3.63, 3.8) is 0 Å². The molecule has 0 aromatic heterocycles. The van der Waals surface area contributed by atoms with Gasteiger partial charge in [0.05, 0.1) is 0 Å². The SMILES string of the molecule is C[Si](C)(C)[CH]=[Zr+2].[Cl-].[Cl-]. The predicted octanol–water partition coefficient (Wildman–Crippen LogP) is -4.78. The molecule has 8 heavy (non-hydrogen) atoms. The molecule has 0 bridgehead atoms. The first-order chi connectivity index (χ1) is 2.56. The number of halogens is 2. The Hall–Kier alpha value is 1.55. The van der Waals surface area contributed by atoms with Crippen molar-refractivity contribution < 1.29 is 49.0 Å². The smallest absolute Gasteiger partial charge is 1.00 e. The molecule has 0 aliphatic rings. The molecule has 0 aliphatic heterocycles. The molecule has 0 spiro atoms. The van der Waals surface area contributed by atoms with Crippen LogP contribution in [0.25, 0.3) is 0 Å². The second-order valence-corrected chi connectivity index (χ2v) is 9.66. The summed E-state index contributed by atoms with van der Waals surface area (Å²) in [5.41, 5.74) is 0. The molecule has 0 N–H and O–H groups in total. The van der Waals surface area contributed by atoms with Gasteiger partial charge in [-0.3, -0.25) is 0 Å². The van der Waals surface area contributed by atoms with Gasteiger partial charge in [0, 0.05) is 0 Å². The van der Waals surface area contributed by atoms with Crippen molar-refractivity contribution in [2.75, 3.05) is 0 Å². The number of hydrogen-bond acceptors (Lipinski definition) is 0. The van der Waals surface area contributed by atoms with Crippen molar-refractivity contribution in [1.82, 2.24) is 0 Å². The standard InChI is InChI=1S/C4H10Si.2ClH.Zr/c1-5(2,3)4;;;/h1H,2-4H3;2*1H;/q;;;+2/p-2. The Labute approximate surface area is 79.6 Å². The first kappa shape index (κ1) is 16.3. The quantitative estimate of drug-likeness (QED) is 0.409. The van der Waals surface area contributed by atoms with Crippen LogP contribution < -0.4 is 24.8 Å². The third-order valence-electron chi connectivity index (χ3n) is 0.433. The Balaban J connectivity index is -0.000000125. The Kier molecular flexibility index (Phi) is 13.6. The van der Waals surface area contributed by atoms with Crippen molar-refractivity contribution in [3.8, 4) is 0 Å². The molecular formula is C4H10Cl2SiZr. The first-order valence-electron chi connectivity index (χ1n) is 2.08. The fourth-order valence-corrected chi connectivity index (χ4v) is 0. The van der Waals surface area contributed by atoms with Crippen molar-refractivity contribution in [3.05, 3.63) is 0 Å². The van der Waals surface area contributed by atoms with Gasteiger partial charge in [-0.2, -0.15) is 0 Å². The minimum atomic E-state index is -0.716. The molecule has 48 valence electrons. The van der Waals surface area contributed by atoms with Gasteiger partial charge in [0.25, 0.3) is 0 Å². The summed E-state index contributed by atoms with van der Waals surface area (Å²) in [6, 6.07) is 0. The van der Waals surface area contributed by atoms with Crippen LogP contribution in [0.3, 0.4) is 0 Å². The zero-order valence-electron chi connectivity index (χ0n) is 5.33. The summed E-state index contributed by atoms with van der Waals surface area (Å²) in [5.74, 6) is 0. The largest absolute Gasteiger partial charge is 1.00 e. The molecule has 0 saturated carbocycles. The van der Waals surface area contributed by atoms with E-state index in [4.69, 9.17) is 0 Å². The molecule has 0 amide bonds. The molecule has 0 fully saturated rings. The van der Waals surface area contributed by atoms with Crippen molar-refractivity contribution in [2.24, 2.45) is 0 Å². The van der Waals surface area contributed by atoms with E-state index in [0.717, 1.165) is 0 Å². The van der Waals surface area contributed by atoms with Crippen molar-refractivity contribution in [1.29, 1.82) is 0 Å². The summed E-state index contributed by atoms with van der Waals surface area (Å²) < 4.78 is 2.42. The van der Waals surface area contributed by atoms with E-state index in [1.54, 1.807) is 24.2 Å². The van der Waals surface area contributed by atoms with Gasteiger partial charge in [-0.15, -0.1) is 0 Å². The first-order valence-corrected chi connectivity index (χ1v) is 7.07. The zero-order chi connectivity index (χ0) is 5.21. The van der Waals surface area contributed by atoms with E-state index in [2.05, 4.69) is 23.0 Å². The molecule has 0 radical (unpaired) electrons. The third kappa shape index (κ3) is 15.6. The normalized spacial score (nSPS) is 8.62. The van der Waals surface area contributed by atoms with Gasteiger partial charge in [0.2, 0.25) is 0 Å². The van der Waals surface area contributed by atoms with Gasteiger partial charge in [-0.05, 0) is 0 Å². The molecule has 0 aromatic rings. The maximum Gasteiger partial charge on any atom is -1.00 e. The fraction of sp³-hybridized carbons (Fsp3) is 0.750. The molecule has 0 rings (SSSR count). The average Bonchev–Trinajstić information content (AvgIpc) is 1.35. The topological polar surface area (TPSA) is 0 Å². The van der Waals surface area contributed by atoms with E-state index in [0.29, 0.717) is 0 Å². The van der Waals surface area contributed by atoms with Crippen LogP contribution in [0.15, 0.2) is 0 Å². The van der Waals surface area contributed by atoms with Crippen LogP contribution in [0.1, 0.15) is 0 Å². The molecule has 0 aromatic carbocycles. The summed E-state index contributed by atoms with van der Waals surface area (Å²) in [7, 11) is -0.716. The predicted molar refractivity (Wildman–Crippen MR) is 29.4 cm³/mol. The second-order valence-electron chi connectivity index (χ2n) is 2.51. The van der Waals surface area contributed by atoms with Gasteiger partial charge in [-0.25, -0.2) is 0 Å². The molecule has 4 heteroatoms. The van der Waals surface area contributed by atoms with Crippen LogP contribution in [0.4, 0.5) is 0 Å². The average molecular weight is 248 g/mol. The number of rotatable bonds is 1. The van der Waals surface area contributed by atoms with E-state index in [-0.39, 0.29) is 24.8 Å². The molecule has 0 saturated heterocycles. The second kappa shape index (κ2) is 6.67. The van der Waals surface area contributed by atoms with Crippen LogP contribution >= 0.6 is 0 Å². The summed E-state index contributed by atoms with van der Waals surface area (Å²) in [6.07, 6.45) is 0. The van der Waals surface area contributed by atoms with Gasteiger partial charge in [0.15, 0.2) is 0 Å². The summed E-state index contributed by atoms with van der Waals surface area (Å²) in [4.78, 5) is 0. The fourth-order valence-electron chi connectivity index (χ4n) is 0. The van der Waals surface area contributed by atoms with E-state index in [1.807, 2.05) is 0 Å². The van der Waals surface area contributed by atoms with Crippen LogP contribution in [0, 0.1) is 0 Å². The van der Waals surface area contributed by atoms with Gasteiger partial charge in [-0.1, -0.05) is 0 Å². The third-order valence-corrected chi connectivity index (χ3v) is 7.69. The summed E-state index contributed by atoms with van der Waals surface area (Å²) in [6.45, 7) is 7.05. The van der Waals surface area contributed by atoms with Crippen LogP contribution in [0.5, 0.6) is 0 Å². The Morgan fingerprint density at radius 2 is 1.25 bits per heavy atom. The molecule has 0 unspecified atom stereocenters. The van der Waals surface area contributed by atoms with Crippen LogP contribution in [-0.2, 0) is 24.2 Å². The van der Waals surface area contributed by atoms with Crippen LogP contribution in [-0.4, -0.2) is 11.4 Å². The summed E-state index contributed by atoms with van der Waals surface area (Å²) in [5, 5.41) is 0. The Bertz CT molecular complexity index is 59.5.